The Labute approximate surface area is 161 Å². The third kappa shape index (κ3) is 3.96. The summed E-state index contributed by atoms with van der Waals surface area (Å²) in [6.07, 6.45) is 1.54. The number of nitrogens with one attached hydrogen (secondary N) is 2. The molecule has 8 heteroatoms. The molecule has 0 spiro atoms. The molecule has 0 aliphatic carbocycles. The highest BCUT2D eigenvalue weighted by Crippen LogP contribution is 2.32. The lowest BCUT2D eigenvalue weighted by molar-refractivity contribution is 0.0946. The molecule has 3 aromatic rings. The SMILES string of the molecule is COc1ccc(Nc2nccc(C(=O)NCc3ccc4c(c3)OCO4)n2)cc1. The third-order valence-corrected chi connectivity index (χ3v) is 4.12. The van der Waals surface area contributed by atoms with Crippen molar-refractivity contribution in [3.63, 3.8) is 0 Å². The van der Waals surface area contributed by atoms with Gasteiger partial charge in [0.1, 0.15) is 11.4 Å². The smallest absolute Gasteiger partial charge is 0.270 e. The predicted molar refractivity (Wildman–Crippen MR) is 102 cm³/mol. The summed E-state index contributed by atoms with van der Waals surface area (Å²) in [7, 11) is 1.61. The molecule has 28 heavy (non-hydrogen) atoms. The Kier molecular flexibility index (Phi) is 4.92. The van der Waals surface area contributed by atoms with Gasteiger partial charge in [0.05, 0.1) is 7.11 Å². The van der Waals surface area contributed by atoms with Crippen molar-refractivity contribution in [2.75, 3.05) is 19.2 Å². The van der Waals surface area contributed by atoms with Crippen LogP contribution in [0.5, 0.6) is 17.2 Å². The monoisotopic (exact) mass is 378 g/mol. The zero-order valence-corrected chi connectivity index (χ0v) is 15.1. The van der Waals surface area contributed by atoms with E-state index in [4.69, 9.17) is 14.2 Å². The maximum Gasteiger partial charge on any atom is 0.270 e. The number of methoxy groups -OCH3 is 1. The van der Waals surface area contributed by atoms with Gasteiger partial charge in [-0.15, -0.1) is 0 Å². The lowest BCUT2D eigenvalue weighted by Gasteiger charge is -2.08. The highest BCUT2D eigenvalue weighted by molar-refractivity contribution is 5.92. The number of anilines is 2. The first-order chi connectivity index (χ1) is 13.7. The van der Waals surface area contributed by atoms with Crippen LogP contribution < -0.4 is 24.8 Å². The van der Waals surface area contributed by atoms with E-state index in [1.54, 1.807) is 13.2 Å². The Morgan fingerprint density at radius 2 is 1.93 bits per heavy atom. The molecule has 2 aromatic carbocycles. The molecule has 0 radical (unpaired) electrons. The number of hydrogen-bond acceptors (Lipinski definition) is 7. The molecule has 0 bridgehead atoms. The number of hydrogen-bond donors (Lipinski definition) is 2. The van der Waals surface area contributed by atoms with Crippen molar-refractivity contribution < 1.29 is 19.0 Å². The number of aromatic nitrogens is 2. The minimum atomic E-state index is -0.294. The largest absolute Gasteiger partial charge is 0.497 e. The van der Waals surface area contributed by atoms with Crippen molar-refractivity contribution in [2.45, 2.75) is 6.54 Å². The molecule has 1 aliphatic rings. The summed E-state index contributed by atoms with van der Waals surface area (Å²) < 4.78 is 15.8. The first kappa shape index (κ1) is 17.6. The van der Waals surface area contributed by atoms with Gasteiger partial charge in [0.2, 0.25) is 12.7 Å². The maximum atomic E-state index is 12.4. The van der Waals surface area contributed by atoms with E-state index in [9.17, 15) is 4.79 Å². The van der Waals surface area contributed by atoms with Gasteiger partial charge in [0.25, 0.3) is 5.91 Å². The average molecular weight is 378 g/mol. The van der Waals surface area contributed by atoms with Gasteiger partial charge in [-0.2, -0.15) is 0 Å². The lowest BCUT2D eigenvalue weighted by atomic mass is 10.2. The second-order valence-electron chi connectivity index (χ2n) is 5.99. The molecule has 2 heterocycles. The van der Waals surface area contributed by atoms with Crippen LogP contribution in [0.4, 0.5) is 11.6 Å². The van der Waals surface area contributed by atoms with Crippen LogP contribution in [0, 0.1) is 0 Å². The fraction of sp³-hybridized carbons (Fsp3) is 0.150. The van der Waals surface area contributed by atoms with Crippen LogP contribution in [-0.2, 0) is 6.54 Å². The van der Waals surface area contributed by atoms with Gasteiger partial charge >= 0.3 is 0 Å². The zero-order valence-electron chi connectivity index (χ0n) is 15.1. The van der Waals surface area contributed by atoms with E-state index in [1.165, 1.54) is 6.20 Å². The van der Waals surface area contributed by atoms with E-state index in [0.717, 1.165) is 17.0 Å². The summed E-state index contributed by atoms with van der Waals surface area (Å²) in [5, 5.41) is 5.91. The molecule has 4 rings (SSSR count). The van der Waals surface area contributed by atoms with Crippen molar-refractivity contribution in [3.8, 4) is 17.2 Å². The van der Waals surface area contributed by atoms with Crippen LogP contribution in [0.1, 0.15) is 16.1 Å². The number of nitrogens with zero attached hydrogens (tertiary/aromatic N) is 2. The summed E-state index contributed by atoms with van der Waals surface area (Å²) in [6.45, 7) is 0.566. The van der Waals surface area contributed by atoms with Crippen LogP contribution in [-0.4, -0.2) is 29.8 Å². The molecule has 142 valence electrons. The van der Waals surface area contributed by atoms with Crippen molar-refractivity contribution in [3.05, 3.63) is 66.0 Å². The molecule has 1 aliphatic heterocycles. The standard InChI is InChI=1S/C20H18N4O4/c1-26-15-5-3-14(4-6-15)23-20-21-9-8-16(24-20)19(25)22-11-13-2-7-17-18(10-13)28-12-27-17/h2-10H,11-12H2,1H3,(H,22,25)(H,21,23,24). The van der Waals surface area contributed by atoms with Crippen LogP contribution in [0.3, 0.4) is 0 Å². The van der Waals surface area contributed by atoms with Crippen molar-refractivity contribution in [1.29, 1.82) is 0 Å². The van der Waals surface area contributed by atoms with Crippen LogP contribution in [0.25, 0.3) is 0 Å². The topological polar surface area (TPSA) is 94.6 Å². The minimum Gasteiger partial charge on any atom is -0.497 e. The summed E-state index contributed by atoms with van der Waals surface area (Å²) in [6, 6.07) is 14.4. The molecule has 1 aromatic heterocycles. The summed E-state index contributed by atoms with van der Waals surface area (Å²) in [4.78, 5) is 20.9. The Morgan fingerprint density at radius 1 is 1.11 bits per heavy atom. The molecule has 0 unspecified atom stereocenters. The molecule has 0 saturated heterocycles. The maximum absolute atomic E-state index is 12.4. The van der Waals surface area contributed by atoms with Gasteiger partial charge in [0.15, 0.2) is 11.5 Å². The number of ether oxygens (including phenoxy) is 3. The molecule has 2 N–H and O–H groups in total. The van der Waals surface area contributed by atoms with Gasteiger partial charge in [-0.25, -0.2) is 9.97 Å². The number of benzene rings is 2. The molecule has 0 fully saturated rings. The number of rotatable bonds is 6. The highest BCUT2D eigenvalue weighted by atomic mass is 16.7. The van der Waals surface area contributed by atoms with Gasteiger partial charge in [-0.05, 0) is 48.0 Å². The second-order valence-corrected chi connectivity index (χ2v) is 5.99. The van der Waals surface area contributed by atoms with E-state index in [2.05, 4.69) is 20.6 Å². The average Bonchev–Trinajstić information content (AvgIpc) is 3.20. The van der Waals surface area contributed by atoms with Crippen LogP contribution in [0.15, 0.2) is 54.7 Å². The van der Waals surface area contributed by atoms with Crippen molar-refractivity contribution in [1.82, 2.24) is 15.3 Å². The van der Waals surface area contributed by atoms with Gasteiger partial charge in [-0.3, -0.25) is 4.79 Å². The molecule has 8 nitrogen and oxygen atoms in total. The second kappa shape index (κ2) is 7.83. The van der Waals surface area contributed by atoms with E-state index in [-0.39, 0.29) is 18.4 Å². The third-order valence-electron chi connectivity index (χ3n) is 4.12. The lowest BCUT2D eigenvalue weighted by Crippen LogP contribution is -2.24. The first-order valence-corrected chi connectivity index (χ1v) is 8.62. The van der Waals surface area contributed by atoms with Crippen LogP contribution >= 0.6 is 0 Å². The van der Waals surface area contributed by atoms with Gasteiger partial charge in [0, 0.05) is 18.4 Å². The Balaban J connectivity index is 1.39. The number of fused-ring (bicyclic) bond motifs is 1. The number of carbonyl (C=O) groups excluding carboxylic acids is 1. The number of carbonyl (C=O) groups is 1. The van der Waals surface area contributed by atoms with Crippen LogP contribution in [0.2, 0.25) is 0 Å². The Bertz CT molecular complexity index is 992. The number of amides is 1. The normalized spacial score (nSPS) is 11.8. The molecule has 0 saturated carbocycles. The summed E-state index contributed by atoms with van der Waals surface area (Å²) >= 11 is 0. The van der Waals surface area contributed by atoms with E-state index < -0.39 is 0 Å². The molecular weight excluding hydrogens is 360 g/mol. The van der Waals surface area contributed by atoms with E-state index in [0.29, 0.717) is 24.0 Å². The fourth-order valence-corrected chi connectivity index (χ4v) is 2.67. The zero-order chi connectivity index (χ0) is 19.3. The van der Waals surface area contributed by atoms with Crippen molar-refractivity contribution in [2.24, 2.45) is 0 Å². The Morgan fingerprint density at radius 3 is 2.75 bits per heavy atom. The highest BCUT2D eigenvalue weighted by Gasteiger charge is 2.14. The van der Waals surface area contributed by atoms with E-state index in [1.807, 2.05) is 42.5 Å². The quantitative estimate of drug-likeness (QED) is 0.681. The first-order valence-electron chi connectivity index (χ1n) is 8.62. The summed E-state index contributed by atoms with van der Waals surface area (Å²) in [5.74, 6) is 2.18. The predicted octanol–water partition coefficient (Wildman–Crippen LogP) is 2.89. The summed E-state index contributed by atoms with van der Waals surface area (Å²) in [5.41, 5.74) is 1.97. The Hall–Kier alpha value is -3.81. The van der Waals surface area contributed by atoms with Crippen molar-refractivity contribution >= 4 is 17.5 Å². The minimum absolute atomic E-state index is 0.218. The fourth-order valence-electron chi connectivity index (χ4n) is 2.67. The molecule has 0 atom stereocenters. The van der Waals surface area contributed by atoms with Gasteiger partial charge < -0.3 is 24.8 Å². The van der Waals surface area contributed by atoms with Gasteiger partial charge in [-0.1, -0.05) is 6.07 Å². The van der Waals surface area contributed by atoms with E-state index >= 15 is 0 Å². The molecule has 1 amide bonds. The molecular formula is C20H18N4O4.